The molecule has 4 atom stereocenters. The number of ether oxygens (including phenoxy) is 2. The number of cyclic esters (lactones) is 1. The Morgan fingerprint density at radius 2 is 1.72 bits per heavy atom. The Labute approximate surface area is 451 Å². The van der Waals surface area contributed by atoms with Gasteiger partial charge in [0, 0.05) is 99.4 Å². The molecule has 414 valence electrons. The van der Waals surface area contributed by atoms with Crippen molar-refractivity contribution in [2.75, 3.05) is 46.4 Å². The number of aromatic nitrogens is 2. The van der Waals surface area contributed by atoms with Crippen molar-refractivity contribution in [1.29, 1.82) is 0 Å². The molecule has 16 nitrogen and oxygen atoms in total. The van der Waals surface area contributed by atoms with Crippen LogP contribution in [0.15, 0.2) is 54.7 Å². The van der Waals surface area contributed by atoms with E-state index < -0.39 is 29.3 Å². The Morgan fingerprint density at radius 3 is 2.36 bits per heavy atom. The Bertz CT molecular complexity index is 2620. The lowest BCUT2D eigenvalue weighted by Gasteiger charge is -2.37. The fourth-order valence-electron chi connectivity index (χ4n) is 10.9. The highest BCUT2D eigenvalue weighted by molar-refractivity contribution is 5.96. The number of benzene rings is 2. The normalized spacial score (nSPS) is 21.2. The summed E-state index contributed by atoms with van der Waals surface area (Å²) in [7, 11) is 1.66. The van der Waals surface area contributed by atoms with E-state index in [1.165, 1.54) is 30.8 Å². The molecule has 4 amide bonds. The molecule has 4 bridgehead atoms. The Morgan fingerprint density at radius 1 is 0.987 bits per heavy atom. The van der Waals surface area contributed by atoms with E-state index in [0.29, 0.717) is 64.0 Å². The number of phenolic OH excluding ortho intramolecular Hbond substituents is 1. The number of rotatable bonds is 13. The van der Waals surface area contributed by atoms with Gasteiger partial charge in [0.25, 0.3) is 5.91 Å². The minimum absolute atomic E-state index is 0.0153. The van der Waals surface area contributed by atoms with Crippen LogP contribution >= 0.6 is 0 Å². The van der Waals surface area contributed by atoms with Gasteiger partial charge in [0.05, 0.1) is 30.5 Å². The third-order valence-electron chi connectivity index (χ3n) is 15.0. The molecule has 76 heavy (non-hydrogen) atoms. The number of phenols is 1. The maximum absolute atomic E-state index is 15.1. The van der Waals surface area contributed by atoms with Gasteiger partial charge < -0.3 is 39.6 Å². The van der Waals surface area contributed by atoms with Crippen molar-refractivity contribution >= 4 is 41.0 Å². The number of nitrogens with one attached hydrogen (secondary N) is 3. The predicted molar refractivity (Wildman–Crippen MR) is 297 cm³/mol. The second-order valence-electron chi connectivity index (χ2n) is 22.7. The number of methoxy groups -OCH3 is 1. The maximum Gasteiger partial charge on any atom is 0.305 e. The number of carbonyl (C=O) groups is 5. The van der Waals surface area contributed by atoms with Crippen molar-refractivity contribution in [2.24, 2.45) is 17.3 Å². The zero-order valence-corrected chi connectivity index (χ0v) is 46.6. The van der Waals surface area contributed by atoms with Crippen LogP contribution in [0.3, 0.4) is 0 Å². The zero-order chi connectivity index (χ0) is 54.5. The van der Waals surface area contributed by atoms with Crippen LogP contribution in [0.1, 0.15) is 136 Å². The first-order valence-corrected chi connectivity index (χ1v) is 28.2. The third-order valence-corrected chi connectivity index (χ3v) is 15.0. The number of hydrogen-bond acceptors (Lipinski definition) is 11. The van der Waals surface area contributed by atoms with E-state index in [-0.39, 0.29) is 61.5 Å². The molecule has 4 unspecified atom stereocenters. The van der Waals surface area contributed by atoms with Crippen molar-refractivity contribution in [2.45, 2.75) is 169 Å². The van der Waals surface area contributed by atoms with Crippen molar-refractivity contribution in [1.82, 2.24) is 40.4 Å². The lowest BCUT2D eigenvalue weighted by atomic mass is 9.84. The van der Waals surface area contributed by atoms with Crippen LogP contribution in [0.25, 0.3) is 33.3 Å². The van der Waals surface area contributed by atoms with Gasteiger partial charge in [-0.3, -0.25) is 34.0 Å². The van der Waals surface area contributed by atoms with Gasteiger partial charge in [0.1, 0.15) is 17.8 Å². The quantitative estimate of drug-likeness (QED) is 0.0571. The number of likely N-dealkylation sites (N-methyl/N-ethyl adjacent to an activating group) is 1. The maximum atomic E-state index is 15.1. The van der Waals surface area contributed by atoms with E-state index in [4.69, 9.17) is 14.5 Å². The summed E-state index contributed by atoms with van der Waals surface area (Å²) < 4.78 is 13.9. The van der Waals surface area contributed by atoms with Crippen molar-refractivity contribution < 1.29 is 38.6 Å². The van der Waals surface area contributed by atoms with E-state index in [9.17, 15) is 19.5 Å². The summed E-state index contributed by atoms with van der Waals surface area (Å²) in [6, 6.07) is 14.4. The number of nitrogens with zero attached hydrogens (tertiary/aromatic N) is 5. The smallest absolute Gasteiger partial charge is 0.305 e. The summed E-state index contributed by atoms with van der Waals surface area (Å²) in [5.41, 5.74) is 9.92. The summed E-state index contributed by atoms with van der Waals surface area (Å²) in [5, 5.41) is 20.3. The molecule has 2 saturated carbocycles. The number of pyridine rings is 1. The van der Waals surface area contributed by atoms with E-state index in [1.807, 2.05) is 39.0 Å². The summed E-state index contributed by atoms with van der Waals surface area (Å²) in [5.74, 6) is -1.74. The van der Waals surface area contributed by atoms with Gasteiger partial charge >= 0.3 is 5.97 Å². The molecule has 0 radical (unpaired) electrons. The van der Waals surface area contributed by atoms with Gasteiger partial charge in [-0.1, -0.05) is 58.1 Å². The highest BCUT2D eigenvalue weighted by atomic mass is 16.5. The first-order chi connectivity index (χ1) is 36.5. The number of fused-ring (bicyclic) bond motifs is 4. The number of aromatic hydroxyl groups is 1. The Kier molecular flexibility index (Phi) is 20.5. The molecule has 2 saturated heterocycles. The Balaban J connectivity index is 0.00000111. The summed E-state index contributed by atoms with van der Waals surface area (Å²) in [4.78, 5) is 77.4. The number of amides is 4. The molecule has 4 fully saturated rings. The van der Waals surface area contributed by atoms with E-state index in [0.717, 1.165) is 82.7 Å². The SMILES string of the molecule is C1CC1.CC1CN1.CCN(C(=O)C1CCN(C=O)C1)C(C(=O)NC1Cc2cc(O)cc(c2)-c2ccc3c(c2)c(c(-c2cccnc2COC)n3CC)CC(C)(C)COC(=O)CCCCN(NC(C)C)C1=O)C1CCCC1. The second kappa shape index (κ2) is 27.0. The van der Waals surface area contributed by atoms with Crippen LogP contribution in [0, 0.1) is 17.3 Å². The van der Waals surface area contributed by atoms with Crippen LogP contribution in [-0.4, -0.2) is 130 Å². The van der Waals surface area contributed by atoms with Crippen LogP contribution < -0.4 is 16.1 Å². The summed E-state index contributed by atoms with van der Waals surface area (Å²) in [6.45, 7) is 18.0. The van der Waals surface area contributed by atoms with Crippen LogP contribution in [0.4, 0.5) is 0 Å². The number of hydrogen-bond donors (Lipinski definition) is 4. The third kappa shape index (κ3) is 15.4. The van der Waals surface area contributed by atoms with Crippen LogP contribution in [-0.2, 0) is 59.4 Å². The zero-order valence-electron chi connectivity index (χ0n) is 46.6. The van der Waals surface area contributed by atoms with Crippen LogP contribution in [0.2, 0.25) is 0 Å². The molecule has 5 aliphatic rings. The molecule has 16 heteroatoms. The number of esters is 1. The topological polar surface area (TPSA) is 198 Å². The van der Waals surface area contributed by atoms with Gasteiger partial charge in [-0.2, -0.15) is 0 Å². The lowest BCUT2D eigenvalue weighted by Crippen LogP contribution is -2.60. The van der Waals surface area contributed by atoms with Gasteiger partial charge in [-0.25, -0.2) is 5.43 Å². The second-order valence-corrected chi connectivity index (χ2v) is 22.7. The number of carbonyl (C=O) groups excluding carboxylic acids is 5. The largest absolute Gasteiger partial charge is 0.508 e. The minimum atomic E-state index is -1.10. The number of aryl methyl sites for hydroxylation is 1. The van der Waals surface area contributed by atoms with Crippen molar-refractivity contribution in [3.05, 3.63) is 71.5 Å². The highest BCUT2D eigenvalue weighted by Gasteiger charge is 2.42. The average molecular weight is 1050 g/mol. The van der Waals surface area contributed by atoms with Gasteiger partial charge in [0.15, 0.2) is 0 Å². The highest BCUT2D eigenvalue weighted by Crippen LogP contribution is 2.41. The number of likely N-dealkylation sites (tertiary alicyclic amines) is 1. The summed E-state index contributed by atoms with van der Waals surface area (Å²) >= 11 is 0. The molecular formula is C60H86N8O8. The first kappa shape index (κ1) is 57.9. The molecule has 9 rings (SSSR count). The van der Waals surface area contributed by atoms with Crippen molar-refractivity contribution in [3.63, 3.8) is 0 Å². The van der Waals surface area contributed by atoms with Gasteiger partial charge in [-0.05, 0) is 138 Å². The monoisotopic (exact) mass is 1050 g/mol. The molecule has 5 heterocycles. The molecule has 3 aliphatic heterocycles. The van der Waals surface area contributed by atoms with E-state index in [2.05, 4.69) is 66.5 Å². The molecule has 4 N–H and O–H groups in total. The molecular weight excluding hydrogens is 961 g/mol. The van der Waals surface area contributed by atoms with Gasteiger partial charge in [-0.15, -0.1) is 0 Å². The standard InChI is InChI=1S/C54H73N7O8.C3H7N.C3H6/c1-8-59-47-20-19-38-29-43(47)44(50(59)42-17-14-22-55-46(42)32-68-7)30-54(5,6)33-69-48(64)18-12-13-23-61(57-35(3)4)53(67)45(27-36-25-40(38)28-41(63)26-36)56-51(65)49(37-15-10-11-16-37)60(9-2)52(66)39-21-24-58(31-39)34-62;1-3-2-4-3;1-2-3-1/h14,17,19-20,22,25-26,28-29,34-35,37,39,45,49,57,63H,8-13,15-16,18,21,23-24,27,30-33H2,1-7H3,(H,56,65);3-4H,2H2,1H3;1-3H2. The molecule has 2 aliphatic carbocycles. The summed E-state index contributed by atoms with van der Waals surface area (Å²) in [6.07, 6.45) is 12.7. The van der Waals surface area contributed by atoms with Crippen molar-refractivity contribution in [3.8, 4) is 28.1 Å². The predicted octanol–water partition coefficient (Wildman–Crippen LogP) is 8.34. The fraction of sp³-hybridized carbons (Fsp3) is 0.600. The lowest BCUT2D eigenvalue weighted by molar-refractivity contribution is -0.147. The molecule has 0 spiro atoms. The first-order valence-electron chi connectivity index (χ1n) is 28.2. The molecule has 2 aromatic carbocycles. The van der Waals surface area contributed by atoms with E-state index in [1.54, 1.807) is 35.2 Å². The molecule has 4 aromatic rings. The van der Waals surface area contributed by atoms with E-state index >= 15 is 9.59 Å². The van der Waals surface area contributed by atoms with Crippen LogP contribution in [0.5, 0.6) is 5.75 Å². The Hall–Kier alpha value is -5.84. The van der Waals surface area contributed by atoms with Gasteiger partial charge in [0.2, 0.25) is 18.2 Å². The molecule has 2 aromatic heterocycles. The fourth-order valence-corrected chi connectivity index (χ4v) is 10.9. The minimum Gasteiger partial charge on any atom is -0.508 e. The average Bonchev–Trinajstić information content (AvgIpc) is 4.30. The number of hydrazine groups is 1.